The molecule has 5 heteroatoms. The zero-order valence-corrected chi connectivity index (χ0v) is 16.4. The molecule has 0 unspecified atom stereocenters. The van der Waals surface area contributed by atoms with Gasteiger partial charge >= 0.3 is 0 Å². The molecule has 144 valence electrons. The number of carbonyl (C=O) groups is 1. The van der Waals surface area contributed by atoms with Crippen molar-refractivity contribution >= 4 is 17.8 Å². The highest BCUT2D eigenvalue weighted by molar-refractivity contribution is 5.83. The molecule has 0 heterocycles. The Morgan fingerprint density at radius 2 is 1.74 bits per heavy atom. The molecule has 0 aliphatic rings. The van der Waals surface area contributed by atoms with Gasteiger partial charge in [-0.2, -0.15) is 5.10 Å². The van der Waals surface area contributed by atoms with Gasteiger partial charge in [0.2, 0.25) is 0 Å². The molecule has 0 aliphatic carbocycles. The van der Waals surface area contributed by atoms with Crippen molar-refractivity contribution in [2.45, 2.75) is 33.6 Å². The van der Waals surface area contributed by atoms with Crippen LogP contribution in [0.25, 0.3) is 0 Å². The van der Waals surface area contributed by atoms with Gasteiger partial charge in [0, 0.05) is 18.8 Å². The number of aryl methyl sites for hydroxylation is 1. The Kier molecular flexibility index (Phi) is 8.36. The van der Waals surface area contributed by atoms with Crippen molar-refractivity contribution in [1.82, 2.24) is 5.43 Å². The van der Waals surface area contributed by atoms with Crippen molar-refractivity contribution in [3.8, 4) is 5.75 Å². The molecule has 1 N–H and O–H groups in total. The van der Waals surface area contributed by atoms with Gasteiger partial charge in [0.25, 0.3) is 5.91 Å². The van der Waals surface area contributed by atoms with Crippen LogP contribution in [0.15, 0.2) is 53.6 Å². The van der Waals surface area contributed by atoms with Crippen LogP contribution < -0.4 is 15.1 Å². The number of hydrazone groups is 1. The van der Waals surface area contributed by atoms with E-state index in [1.54, 1.807) is 6.21 Å². The predicted octanol–water partition coefficient (Wildman–Crippen LogP) is 4.15. The molecule has 0 bridgehead atoms. The molecule has 1 amide bonds. The summed E-state index contributed by atoms with van der Waals surface area (Å²) in [5, 5.41) is 4.01. The highest BCUT2D eigenvalue weighted by Crippen LogP contribution is 2.16. The lowest BCUT2D eigenvalue weighted by molar-refractivity contribution is -0.123. The largest absolute Gasteiger partial charge is 0.483 e. The van der Waals surface area contributed by atoms with Crippen molar-refractivity contribution in [1.29, 1.82) is 0 Å². The molecule has 0 aromatic heterocycles. The third-order valence-electron chi connectivity index (χ3n) is 4.10. The maximum absolute atomic E-state index is 11.8. The molecule has 2 aromatic carbocycles. The number of carbonyl (C=O) groups excluding carboxylic acids is 1. The van der Waals surface area contributed by atoms with Crippen LogP contribution in [0.5, 0.6) is 5.75 Å². The van der Waals surface area contributed by atoms with E-state index in [0.29, 0.717) is 5.75 Å². The second-order valence-electron chi connectivity index (χ2n) is 6.43. The average molecular weight is 367 g/mol. The van der Waals surface area contributed by atoms with Gasteiger partial charge in [-0.15, -0.1) is 0 Å². The standard InChI is InChI=1S/C22H29N3O2/c1-4-14-25(15-5-2)20-12-10-19(11-13-20)16-23-24-22(26)17-27-21-9-7-6-8-18(21)3/h6-13,16H,4-5,14-15,17H2,1-3H3,(H,24,26)/b23-16+. The zero-order valence-electron chi connectivity index (χ0n) is 16.4. The van der Waals surface area contributed by atoms with E-state index in [1.165, 1.54) is 5.69 Å². The second kappa shape index (κ2) is 11.0. The normalized spacial score (nSPS) is 10.8. The molecule has 0 saturated carbocycles. The van der Waals surface area contributed by atoms with Gasteiger partial charge in [-0.3, -0.25) is 4.79 Å². The zero-order chi connectivity index (χ0) is 19.5. The average Bonchev–Trinajstić information content (AvgIpc) is 2.68. The number of hydrogen-bond acceptors (Lipinski definition) is 4. The first-order valence-electron chi connectivity index (χ1n) is 9.49. The molecule has 0 fully saturated rings. The van der Waals surface area contributed by atoms with Gasteiger partial charge < -0.3 is 9.64 Å². The number of amides is 1. The Bertz CT molecular complexity index is 735. The van der Waals surface area contributed by atoms with E-state index in [-0.39, 0.29) is 12.5 Å². The lowest BCUT2D eigenvalue weighted by Gasteiger charge is -2.23. The molecular formula is C22H29N3O2. The molecule has 0 aliphatic heterocycles. The van der Waals surface area contributed by atoms with Crippen LogP contribution in [0, 0.1) is 6.92 Å². The molecule has 5 nitrogen and oxygen atoms in total. The molecule has 0 spiro atoms. The highest BCUT2D eigenvalue weighted by atomic mass is 16.5. The van der Waals surface area contributed by atoms with E-state index < -0.39 is 0 Å². The van der Waals surface area contributed by atoms with Crippen molar-refractivity contribution < 1.29 is 9.53 Å². The fourth-order valence-electron chi connectivity index (χ4n) is 2.75. The SMILES string of the molecule is CCCN(CCC)c1ccc(/C=N/NC(=O)COc2ccccc2C)cc1. The quantitative estimate of drug-likeness (QED) is 0.507. The maximum Gasteiger partial charge on any atom is 0.277 e. The van der Waals surface area contributed by atoms with Gasteiger partial charge in [-0.25, -0.2) is 5.43 Å². The smallest absolute Gasteiger partial charge is 0.277 e. The highest BCUT2D eigenvalue weighted by Gasteiger charge is 2.05. The predicted molar refractivity (Wildman–Crippen MR) is 112 cm³/mol. The fourth-order valence-corrected chi connectivity index (χ4v) is 2.75. The van der Waals surface area contributed by atoms with Crippen LogP contribution in [-0.2, 0) is 4.79 Å². The summed E-state index contributed by atoms with van der Waals surface area (Å²) in [7, 11) is 0. The first-order valence-corrected chi connectivity index (χ1v) is 9.49. The van der Waals surface area contributed by atoms with Crippen LogP contribution in [0.1, 0.15) is 37.8 Å². The summed E-state index contributed by atoms with van der Waals surface area (Å²) in [6, 6.07) is 15.8. The van der Waals surface area contributed by atoms with E-state index in [4.69, 9.17) is 4.74 Å². The van der Waals surface area contributed by atoms with E-state index in [9.17, 15) is 4.79 Å². The summed E-state index contributed by atoms with van der Waals surface area (Å²) < 4.78 is 5.50. The lowest BCUT2D eigenvalue weighted by Crippen LogP contribution is -2.25. The number of anilines is 1. The number of benzene rings is 2. The van der Waals surface area contributed by atoms with E-state index in [0.717, 1.165) is 37.1 Å². The number of nitrogens with zero attached hydrogens (tertiary/aromatic N) is 2. The first kappa shape index (κ1) is 20.5. The maximum atomic E-state index is 11.8. The van der Waals surface area contributed by atoms with Crippen LogP contribution >= 0.6 is 0 Å². The molecule has 0 atom stereocenters. The molecular weight excluding hydrogens is 338 g/mol. The van der Waals surface area contributed by atoms with Gasteiger partial charge in [0.1, 0.15) is 5.75 Å². The summed E-state index contributed by atoms with van der Waals surface area (Å²) in [5.74, 6) is 0.416. The Balaban J connectivity index is 1.83. The van der Waals surface area contributed by atoms with E-state index in [1.807, 2.05) is 43.3 Å². The third kappa shape index (κ3) is 6.77. The van der Waals surface area contributed by atoms with Crippen LogP contribution in [0.3, 0.4) is 0 Å². The summed E-state index contributed by atoms with van der Waals surface area (Å²) in [6.07, 6.45) is 3.89. The minimum absolute atomic E-state index is 0.0654. The van der Waals surface area contributed by atoms with Crippen molar-refractivity contribution in [2.24, 2.45) is 5.10 Å². The monoisotopic (exact) mass is 367 g/mol. The summed E-state index contributed by atoms with van der Waals surface area (Å²) >= 11 is 0. The summed E-state index contributed by atoms with van der Waals surface area (Å²) in [5.41, 5.74) is 5.64. The van der Waals surface area contributed by atoms with Gasteiger partial charge in [-0.1, -0.05) is 44.2 Å². The fraction of sp³-hybridized carbons (Fsp3) is 0.364. The van der Waals surface area contributed by atoms with Gasteiger partial charge in [0.15, 0.2) is 6.61 Å². The molecule has 0 radical (unpaired) electrons. The molecule has 27 heavy (non-hydrogen) atoms. The Morgan fingerprint density at radius 3 is 2.37 bits per heavy atom. The van der Waals surface area contributed by atoms with Crippen molar-refractivity contribution in [3.05, 3.63) is 59.7 Å². The number of para-hydroxylation sites is 1. The Labute approximate surface area is 162 Å². The molecule has 0 saturated heterocycles. The first-order chi connectivity index (χ1) is 13.1. The van der Waals surface area contributed by atoms with Crippen LogP contribution in [-0.4, -0.2) is 31.8 Å². The molecule has 2 rings (SSSR count). The lowest BCUT2D eigenvalue weighted by atomic mass is 10.2. The minimum Gasteiger partial charge on any atom is -0.483 e. The second-order valence-corrected chi connectivity index (χ2v) is 6.43. The van der Waals surface area contributed by atoms with Gasteiger partial charge in [-0.05, 0) is 49.1 Å². The van der Waals surface area contributed by atoms with E-state index >= 15 is 0 Å². The minimum atomic E-state index is -0.289. The molecule has 2 aromatic rings. The Hall–Kier alpha value is -2.82. The van der Waals surface area contributed by atoms with Crippen molar-refractivity contribution in [3.63, 3.8) is 0 Å². The number of rotatable bonds is 10. The summed E-state index contributed by atoms with van der Waals surface area (Å²) in [4.78, 5) is 14.2. The van der Waals surface area contributed by atoms with E-state index in [2.05, 4.69) is 41.4 Å². The topological polar surface area (TPSA) is 53.9 Å². The van der Waals surface area contributed by atoms with Gasteiger partial charge in [0.05, 0.1) is 6.21 Å². The Morgan fingerprint density at radius 1 is 1.07 bits per heavy atom. The number of ether oxygens (including phenoxy) is 1. The van der Waals surface area contributed by atoms with Crippen LogP contribution in [0.2, 0.25) is 0 Å². The third-order valence-corrected chi connectivity index (χ3v) is 4.10. The van der Waals surface area contributed by atoms with Crippen molar-refractivity contribution in [2.75, 3.05) is 24.6 Å². The summed E-state index contributed by atoms with van der Waals surface area (Å²) in [6.45, 7) is 8.36. The number of hydrogen-bond donors (Lipinski definition) is 1. The van der Waals surface area contributed by atoms with Crippen LogP contribution in [0.4, 0.5) is 5.69 Å². The number of nitrogens with one attached hydrogen (secondary N) is 1.